The predicted molar refractivity (Wildman–Crippen MR) is 141 cm³/mol. The molecule has 0 bridgehead atoms. The number of halogens is 1. The summed E-state index contributed by atoms with van der Waals surface area (Å²) in [5, 5.41) is 19.4. The van der Waals surface area contributed by atoms with Crippen molar-refractivity contribution >= 4 is 40.9 Å². The van der Waals surface area contributed by atoms with Gasteiger partial charge in [-0.25, -0.2) is 9.78 Å². The van der Waals surface area contributed by atoms with Crippen LogP contribution in [0.1, 0.15) is 55.7 Å². The molecule has 3 aromatic rings. The Hall–Kier alpha value is -3.92. The Labute approximate surface area is 224 Å². The summed E-state index contributed by atoms with van der Waals surface area (Å²) in [6.45, 7) is 5.10. The van der Waals surface area contributed by atoms with Crippen LogP contribution >= 0.6 is 11.6 Å². The van der Waals surface area contributed by atoms with Gasteiger partial charge in [-0.05, 0) is 51.8 Å². The van der Waals surface area contributed by atoms with Crippen LogP contribution in [-0.4, -0.2) is 33.2 Å². The van der Waals surface area contributed by atoms with Gasteiger partial charge in [-0.3, -0.25) is 14.9 Å². The van der Waals surface area contributed by atoms with E-state index in [0.717, 1.165) is 12.8 Å². The minimum Gasteiger partial charge on any atom is -0.481 e. The monoisotopic (exact) mass is 540 g/mol. The highest BCUT2D eigenvalue weighted by Crippen LogP contribution is 2.34. The number of carbonyl (C=O) groups is 3. The van der Waals surface area contributed by atoms with Crippen molar-refractivity contribution in [2.75, 3.05) is 10.6 Å². The summed E-state index contributed by atoms with van der Waals surface area (Å²) in [4.78, 5) is 41.6. The SMILES string of the molecule is Cc1nc(-c2onc(C)c2NC(=O)O[C@H](C)c2ccccc2Cl)ccc1NC(=O)C1CCCCC1C(=O)O. The number of hydrogen-bond acceptors (Lipinski definition) is 7. The third kappa shape index (κ3) is 5.96. The molecule has 3 atom stereocenters. The number of carbonyl (C=O) groups excluding carboxylic acids is 2. The molecule has 10 nitrogen and oxygen atoms in total. The van der Waals surface area contributed by atoms with Crippen LogP contribution in [0.5, 0.6) is 0 Å². The maximum absolute atomic E-state index is 12.9. The van der Waals surface area contributed by atoms with E-state index in [0.29, 0.717) is 51.9 Å². The number of ether oxygens (including phenoxy) is 1. The molecule has 200 valence electrons. The minimum atomic E-state index is -0.949. The van der Waals surface area contributed by atoms with E-state index in [-0.39, 0.29) is 11.7 Å². The molecule has 2 aromatic heterocycles. The first kappa shape index (κ1) is 27.1. The molecule has 2 unspecified atom stereocenters. The molecule has 4 rings (SSSR count). The molecule has 11 heteroatoms. The molecule has 0 aliphatic heterocycles. The quantitative estimate of drug-likeness (QED) is 0.324. The van der Waals surface area contributed by atoms with Gasteiger partial charge < -0.3 is 19.7 Å². The maximum atomic E-state index is 12.9. The fourth-order valence-electron chi connectivity index (χ4n) is 4.64. The van der Waals surface area contributed by atoms with Crippen LogP contribution < -0.4 is 10.6 Å². The zero-order valence-corrected chi connectivity index (χ0v) is 22.0. The number of rotatable bonds is 7. The highest BCUT2D eigenvalue weighted by molar-refractivity contribution is 6.31. The van der Waals surface area contributed by atoms with Gasteiger partial charge in [0.05, 0.1) is 23.2 Å². The van der Waals surface area contributed by atoms with Gasteiger partial charge in [0.2, 0.25) is 11.7 Å². The van der Waals surface area contributed by atoms with Crippen LogP contribution in [0.4, 0.5) is 16.2 Å². The summed E-state index contributed by atoms with van der Waals surface area (Å²) in [7, 11) is 0. The topological polar surface area (TPSA) is 144 Å². The van der Waals surface area contributed by atoms with Crippen molar-refractivity contribution in [3.63, 3.8) is 0 Å². The Morgan fingerprint density at radius 2 is 1.76 bits per heavy atom. The van der Waals surface area contributed by atoms with Crippen molar-refractivity contribution in [2.24, 2.45) is 11.8 Å². The highest BCUT2D eigenvalue weighted by Gasteiger charge is 2.36. The predicted octanol–water partition coefficient (Wildman–Crippen LogP) is 6.15. The number of carboxylic acid groups (broad SMARTS) is 1. The van der Waals surface area contributed by atoms with Crippen molar-refractivity contribution in [3.8, 4) is 11.5 Å². The van der Waals surface area contributed by atoms with Gasteiger partial charge in [0.1, 0.15) is 23.2 Å². The largest absolute Gasteiger partial charge is 0.481 e. The Bertz CT molecular complexity index is 1360. The normalized spacial score (nSPS) is 17.9. The number of pyridine rings is 1. The van der Waals surface area contributed by atoms with E-state index in [4.69, 9.17) is 20.9 Å². The highest BCUT2D eigenvalue weighted by atomic mass is 35.5. The molecule has 3 N–H and O–H groups in total. The van der Waals surface area contributed by atoms with E-state index in [1.165, 1.54) is 0 Å². The molecule has 1 aromatic carbocycles. The van der Waals surface area contributed by atoms with E-state index >= 15 is 0 Å². The van der Waals surface area contributed by atoms with Crippen LogP contribution in [0, 0.1) is 25.7 Å². The Kier molecular flexibility index (Phi) is 8.31. The first-order valence-electron chi connectivity index (χ1n) is 12.4. The third-order valence-electron chi connectivity index (χ3n) is 6.71. The van der Waals surface area contributed by atoms with E-state index in [2.05, 4.69) is 20.8 Å². The smallest absolute Gasteiger partial charge is 0.412 e. The fourth-order valence-corrected chi connectivity index (χ4v) is 4.93. The summed E-state index contributed by atoms with van der Waals surface area (Å²) in [5.41, 5.74) is 2.74. The molecule has 0 saturated heterocycles. The number of aryl methyl sites for hydroxylation is 2. The lowest BCUT2D eigenvalue weighted by Crippen LogP contribution is -2.36. The van der Waals surface area contributed by atoms with Crippen LogP contribution in [-0.2, 0) is 14.3 Å². The second-order valence-corrected chi connectivity index (χ2v) is 9.73. The number of aromatic nitrogens is 2. The molecule has 1 aliphatic carbocycles. The Morgan fingerprint density at radius 3 is 2.45 bits per heavy atom. The molecule has 1 saturated carbocycles. The summed E-state index contributed by atoms with van der Waals surface area (Å²) in [6, 6.07) is 10.4. The third-order valence-corrected chi connectivity index (χ3v) is 7.06. The average Bonchev–Trinajstić information content (AvgIpc) is 3.24. The Morgan fingerprint density at radius 1 is 1.05 bits per heavy atom. The summed E-state index contributed by atoms with van der Waals surface area (Å²) in [6.07, 6.45) is 1.33. The molecule has 1 fully saturated rings. The van der Waals surface area contributed by atoms with Gasteiger partial charge >= 0.3 is 12.1 Å². The number of aliphatic carboxylic acids is 1. The van der Waals surface area contributed by atoms with E-state index in [1.807, 2.05) is 0 Å². The standard InChI is InChI=1S/C27H29ClN4O6/c1-14-21(30-25(33)18-9-4-5-10-19(18)26(34)35)12-13-22(29-14)24-23(15(2)32-38-24)31-27(36)37-16(3)17-8-6-7-11-20(17)28/h6-8,11-13,16,18-19H,4-5,9-10H2,1-3H3,(H,30,33)(H,31,36)(H,34,35)/t16-,18?,19?/m1/s1. The van der Waals surface area contributed by atoms with Gasteiger partial charge in [0.15, 0.2) is 0 Å². The van der Waals surface area contributed by atoms with Crippen molar-refractivity contribution in [1.82, 2.24) is 10.1 Å². The van der Waals surface area contributed by atoms with E-state index < -0.39 is 30.0 Å². The lowest BCUT2D eigenvalue weighted by molar-refractivity contribution is -0.147. The number of anilines is 2. The molecule has 38 heavy (non-hydrogen) atoms. The van der Waals surface area contributed by atoms with Crippen molar-refractivity contribution < 1.29 is 28.8 Å². The Balaban J connectivity index is 1.47. The van der Waals surface area contributed by atoms with Gasteiger partial charge in [-0.15, -0.1) is 0 Å². The first-order valence-corrected chi connectivity index (χ1v) is 12.7. The summed E-state index contributed by atoms with van der Waals surface area (Å²) < 4.78 is 10.9. The van der Waals surface area contributed by atoms with Crippen LogP contribution in [0.3, 0.4) is 0 Å². The second kappa shape index (κ2) is 11.6. The van der Waals surface area contributed by atoms with Gasteiger partial charge in [-0.2, -0.15) is 0 Å². The zero-order chi connectivity index (χ0) is 27.4. The van der Waals surface area contributed by atoms with Crippen molar-refractivity contribution in [1.29, 1.82) is 0 Å². The van der Waals surface area contributed by atoms with Gasteiger partial charge in [-0.1, -0.05) is 47.8 Å². The second-order valence-electron chi connectivity index (χ2n) is 9.32. The molecule has 1 aliphatic rings. The average molecular weight is 541 g/mol. The summed E-state index contributed by atoms with van der Waals surface area (Å²) >= 11 is 6.20. The molecule has 0 radical (unpaired) electrons. The van der Waals surface area contributed by atoms with Crippen molar-refractivity contribution in [3.05, 3.63) is 58.4 Å². The number of nitrogens with one attached hydrogen (secondary N) is 2. The molecule has 2 heterocycles. The fraction of sp³-hybridized carbons (Fsp3) is 0.370. The molecular formula is C27H29ClN4O6. The number of carboxylic acids is 1. The lowest BCUT2D eigenvalue weighted by Gasteiger charge is -2.27. The summed E-state index contributed by atoms with van der Waals surface area (Å²) in [5.74, 6) is -2.34. The zero-order valence-electron chi connectivity index (χ0n) is 21.3. The molecule has 0 spiro atoms. The van der Waals surface area contributed by atoms with Crippen LogP contribution in [0.15, 0.2) is 40.9 Å². The number of hydrogen-bond donors (Lipinski definition) is 3. The lowest BCUT2D eigenvalue weighted by atomic mass is 9.78. The van der Waals surface area contributed by atoms with Gasteiger partial charge in [0.25, 0.3) is 0 Å². The number of nitrogens with zero attached hydrogens (tertiary/aromatic N) is 2. The number of amides is 2. The maximum Gasteiger partial charge on any atom is 0.412 e. The van der Waals surface area contributed by atoms with Gasteiger partial charge in [0, 0.05) is 10.6 Å². The molecule has 2 amide bonds. The van der Waals surface area contributed by atoms with E-state index in [1.54, 1.807) is 57.2 Å². The first-order chi connectivity index (χ1) is 18.2. The minimum absolute atomic E-state index is 0.226. The molecular weight excluding hydrogens is 512 g/mol. The van der Waals surface area contributed by atoms with Crippen molar-refractivity contribution in [2.45, 2.75) is 52.6 Å². The van der Waals surface area contributed by atoms with Crippen LogP contribution in [0.2, 0.25) is 5.02 Å². The van der Waals surface area contributed by atoms with E-state index in [9.17, 15) is 19.5 Å². The number of benzene rings is 1. The van der Waals surface area contributed by atoms with Crippen LogP contribution in [0.25, 0.3) is 11.5 Å².